The van der Waals surface area contributed by atoms with Gasteiger partial charge in [0.15, 0.2) is 6.29 Å². The fourth-order valence-electron chi connectivity index (χ4n) is 4.30. The Morgan fingerprint density at radius 1 is 0.743 bits per heavy atom. The zero-order valence-electron chi connectivity index (χ0n) is 19.8. The summed E-state index contributed by atoms with van der Waals surface area (Å²) in [6.07, 6.45) is -1.10. The minimum Gasteiger partial charge on any atom is -0.480 e. The van der Waals surface area contributed by atoms with Gasteiger partial charge >= 0.3 is 17.9 Å². The van der Waals surface area contributed by atoms with Crippen LogP contribution in [0, 0.1) is 0 Å². The number of benzene rings is 1. The first-order valence-corrected chi connectivity index (χ1v) is 11.6. The van der Waals surface area contributed by atoms with Crippen molar-refractivity contribution in [2.24, 2.45) is 0 Å². The third kappa shape index (κ3) is 11.6. The molecule has 1 aromatic carbocycles. The third-order valence-corrected chi connectivity index (χ3v) is 5.95. The normalized spacial score (nSPS) is 20.3. The Morgan fingerprint density at radius 2 is 1.23 bits per heavy atom. The number of rotatable bonds is 10. The molecule has 2 rings (SSSR count). The van der Waals surface area contributed by atoms with Crippen LogP contribution in [0.2, 0.25) is 0 Å². The third-order valence-electron chi connectivity index (χ3n) is 5.95. The first-order valence-electron chi connectivity index (χ1n) is 11.6. The maximum Gasteiger partial charge on any atom is 0.317 e. The summed E-state index contributed by atoms with van der Waals surface area (Å²) in [6.45, 7) is 1.35. The molecule has 1 aromatic rings. The van der Waals surface area contributed by atoms with E-state index in [1.54, 1.807) is 19.6 Å². The maximum absolute atomic E-state index is 11.7. The van der Waals surface area contributed by atoms with Crippen molar-refractivity contribution in [3.63, 3.8) is 0 Å². The van der Waals surface area contributed by atoms with E-state index in [4.69, 9.17) is 0 Å². The first kappa shape index (κ1) is 28.6. The van der Waals surface area contributed by atoms with Gasteiger partial charge in [-0.25, -0.2) is 0 Å². The SMILES string of the molecule is O=C(O)CN1CCN(CC(=O)O)CCN(CC(=O)O)C(Cc2ccccc2)CN(CC(O)O)CC1. The molecule has 1 aliphatic heterocycles. The predicted molar refractivity (Wildman–Crippen MR) is 126 cm³/mol. The highest BCUT2D eigenvalue weighted by atomic mass is 16.5. The van der Waals surface area contributed by atoms with Crippen molar-refractivity contribution in [3.05, 3.63) is 35.9 Å². The zero-order valence-corrected chi connectivity index (χ0v) is 19.8. The second kappa shape index (κ2) is 14.7. The Bertz CT molecular complexity index is 810. The van der Waals surface area contributed by atoms with E-state index < -0.39 is 24.2 Å². The molecule has 5 N–H and O–H groups in total. The molecule has 0 saturated carbocycles. The molecule has 1 atom stereocenters. The van der Waals surface area contributed by atoms with Gasteiger partial charge < -0.3 is 25.5 Å². The highest BCUT2D eigenvalue weighted by molar-refractivity contribution is 5.70. The van der Waals surface area contributed by atoms with Gasteiger partial charge in [-0.15, -0.1) is 0 Å². The molecule has 0 aliphatic carbocycles. The van der Waals surface area contributed by atoms with E-state index in [2.05, 4.69) is 0 Å². The van der Waals surface area contributed by atoms with Crippen molar-refractivity contribution >= 4 is 17.9 Å². The van der Waals surface area contributed by atoms with Crippen LogP contribution in [0.3, 0.4) is 0 Å². The van der Waals surface area contributed by atoms with E-state index >= 15 is 0 Å². The number of carboxylic acids is 3. The van der Waals surface area contributed by atoms with Crippen molar-refractivity contribution in [1.82, 2.24) is 19.6 Å². The van der Waals surface area contributed by atoms with Gasteiger partial charge in [0.2, 0.25) is 0 Å². The lowest BCUT2D eigenvalue weighted by molar-refractivity contribution is -0.141. The molecule has 0 radical (unpaired) electrons. The first-order chi connectivity index (χ1) is 16.6. The summed E-state index contributed by atoms with van der Waals surface area (Å²) in [5.41, 5.74) is 0.986. The zero-order chi connectivity index (χ0) is 25.8. The number of aliphatic hydroxyl groups is 2. The van der Waals surface area contributed by atoms with E-state index in [1.165, 1.54) is 0 Å². The molecule has 196 valence electrons. The smallest absolute Gasteiger partial charge is 0.317 e. The van der Waals surface area contributed by atoms with Gasteiger partial charge in [0.1, 0.15) is 0 Å². The second-order valence-corrected chi connectivity index (χ2v) is 8.79. The number of carboxylic acid groups (broad SMARTS) is 3. The van der Waals surface area contributed by atoms with Crippen LogP contribution < -0.4 is 0 Å². The van der Waals surface area contributed by atoms with Gasteiger partial charge in [-0.05, 0) is 12.0 Å². The molecule has 12 heteroatoms. The summed E-state index contributed by atoms with van der Waals surface area (Å²) in [5, 5.41) is 47.5. The summed E-state index contributed by atoms with van der Waals surface area (Å²) >= 11 is 0. The van der Waals surface area contributed by atoms with Gasteiger partial charge in [0, 0.05) is 58.4 Å². The average Bonchev–Trinajstić information content (AvgIpc) is 2.76. The van der Waals surface area contributed by atoms with Crippen molar-refractivity contribution in [2.75, 3.05) is 72.0 Å². The summed E-state index contributed by atoms with van der Waals surface area (Å²) in [5.74, 6) is -3.04. The van der Waals surface area contributed by atoms with Gasteiger partial charge in [-0.3, -0.25) is 34.0 Å². The van der Waals surface area contributed by atoms with Crippen LogP contribution in [-0.2, 0) is 20.8 Å². The minimum atomic E-state index is -1.60. The minimum absolute atomic E-state index is 0.0712. The number of aliphatic carboxylic acids is 3. The summed E-state index contributed by atoms with van der Waals surface area (Å²) < 4.78 is 0. The number of carbonyl (C=O) groups is 3. The lowest BCUT2D eigenvalue weighted by atomic mass is 10.0. The van der Waals surface area contributed by atoms with Crippen LogP contribution in [-0.4, -0.2) is 147 Å². The number of hydrogen-bond acceptors (Lipinski definition) is 9. The van der Waals surface area contributed by atoms with Crippen LogP contribution >= 0.6 is 0 Å². The Balaban J connectivity index is 2.36. The van der Waals surface area contributed by atoms with Gasteiger partial charge in [0.25, 0.3) is 0 Å². The largest absolute Gasteiger partial charge is 0.480 e. The number of aliphatic hydroxyl groups excluding tert-OH is 1. The van der Waals surface area contributed by atoms with Gasteiger partial charge in [0.05, 0.1) is 19.6 Å². The Morgan fingerprint density at radius 3 is 1.71 bits per heavy atom. The molecular formula is C23H36N4O8. The number of nitrogens with zero attached hydrogens (tertiary/aromatic N) is 4. The molecular weight excluding hydrogens is 460 g/mol. The fourth-order valence-corrected chi connectivity index (χ4v) is 4.30. The molecule has 1 heterocycles. The average molecular weight is 497 g/mol. The molecule has 0 bridgehead atoms. The van der Waals surface area contributed by atoms with Gasteiger partial charge in [-0.2, -0.15) is 0 Å². The topological polar surface area (TPSA) is 165 Å². The molecule has 0 amide bonds. The summed E-state index contributed by atoms with van der Waals surface area (Å²) in [7, 11) is 0. The molecule has 0 spiro atoms. The Labute approximate surface area is 204 Å². The molecule has 0 aromatic heterocycles. The van der Waals surface area contributed by atoms with Crippen molar-refractivity contribution < 1.29 is 39.9 Å². The van der Waals surface area contributed by atoms with E-state index in [-0.39, 0.29) is 45.3 Å². The lowest BCUT2D eigenvalue weighted by Crippen LogP contribution is -2.53. The van der Waals surface area contributed by atoms with Crippen LogP contribution in [0.4, 0.5) is 0 Å². The monoisotopic (exact) mass is 496 g/mol. The van der Waals surface area contributed by atoms with Crippen molar-refractivity contribution in [3.8, 4) is 0 Å². The Kier molecular flexibility index (Phi) is 12.0. The van der Waals surface area contributed by atoms with Gasteiger partial charge in [-0.1, -0.05) is 30.3 Å². The second-order valence-electron chi connectivity index (χ2n) is 8.79. The Hall–Kier alpha value is -2.61. The highest BCUT2D eigenvalue weighted by Crippen LogP contribution is 2.13. The van der Waals surface area contributed by atoms with E-state index in [0.717, 1.165) is 5.56 Å². The van der Waals surface area contributed by atoms with E-state index in [0.29, 0.717) is 39.1 Å². The van der Waals surface area contributed by atoms with E-state index in [1.807, 2.05) is 30.3 Å². The van der Waals surface area contributed by atoms with Crippen molar-refractivity contribution in [1.29, 1.82) is 0 Å². The molecule has 1 fully saturated rings. The van der Waals surface area contributed by atoms with Crippen LogP contribution in [0.5, 0.6) is 0 Å². The fraction of sp³-hybridized carbons (Fsp3) is 0.609. The predicted octanol–water partition coefficient (Wildman–Crippen LogP) is -1.62. The highest BCUT2D eigenvalue weighted by Gasteiger charge is 2.27. The molecule has 1 unspecified atom stereocenters. The quantitative estimate of drug-likeness (QED) is 0.236. The van der Waals surface area contributed by atoms with E-state index in [9.17, 15) is 39.9 Å². The van der Waals surface area contributed by atoms with Crippen LogP contribution in [0.15, 0.2) is 30.3 Å². The molecule has 35 heavy (non-hydrogen) atoms. The lowest BCUT2D eigenvalue weighted by Gasteiger charge is -2.38. The van der Waals surface area contributed by atoms with Crippen LogP contribution in [0.1, 0.15) is 5.56 Å². The number of β-amino-alcohol motifs (C(OH)–C–C–N with tert-alkyl or cyclic N) is 2. The number of hydrogen-bond donors (Lipinski definition) is 5. The molecule has 12 nitrogen and oxygen atoms in total. The maximum atomic E-state index is 11.7. The molecule has 1 aliphatic rings. The summed E-state index contributed by atoms with van der Waals surface area (Å²) in [6, 6.07) is 9.22. The standard InChI is InChI=1S/C23H36N4O8/c28-20(29)14-24-6-7-25(15-21(30)31)10-11-27(17-23(34)35)19(12-18-4-2-1-3-5-18)13-26(9-8-24)16-22(32)33/h1-5,19,22,32-33H,6-17H2,(H,28,29)(H,30,31)(H,34,35). The van der Waals surface area contributed by atoms with Crippen molar-refractivity contribution in [2.45, 2.75) is 18.8 Å². The van der Waals surface area contributed by atoms with Crippen LogP contribution in [0.25, 0.3) is 0 Å². The summed E-state index contributed by atoms with van der Waals surface area (Å²) in [4.78, 5) is 41.4. The molecule has 1 saturated heterocycles.